The molecule has 0 atom stereocenters. The molecule has 2 aromatic rings. The highest BCUT2D eigenvalue weighted by Gasteiger charge is 1.94. The van der Waals surface area contributed by atoms with Crippen LogP contribution in [0.3, 0.4) is 0 Å². The molecular weight excluding hydrogens is 208 g/mol. The molecule has 0 saturated heterocycles. The molecule has 0 aliphatic carbocycles. The van der Waals surface area contributed by atoms with E-state index in [-0.39, 0.29) is 5.75 Å². The van der Waals surface area contributed by atoms with Crippen molar-refractivity contribution < 1.29 is 5.11 Å². The summed E-state index contributed by atoms with van der Waals surface area (Å²) in [5.74, 6) is 5.66. The second kappa shape index (κ2) is 5.58. The summed E-state index contributed by atoms with van der Waals surface area (Å²) in [5, 5.41) is 11.4. The summed E-state index contributed by atoms with van der Waals surface area (Å²) in [7, 11) is 0. The number of benzene rings is 2. The van der Waals surface area contributed by atoms with Crippen molar-refractivity contribution in [2.45, 2.75) is 0 Å². The quantitative estimate of drug-likeness (QED) is 0.648. The van der Waals surface area contributed by atoms with Crippen LogP contribution in [0, 0.1) is 11.8 Å². The molecule has 0 N–H and O–H groups in total. The van der Waals surface area contributed by atoms with Crippen LogP contribution in [0.2, 0.25) is 0 Å². The maximum atomic E-state index is 11.4. The van der Waals surface area contributed by atoms with Crippen molar-refractivity contribution in [1.29, 1.82) is 0 Å². The van der Waals surface area contributed by atoms with Gasteiger partial charge in [-0.15, -0.1) is 0 Å². The third-order valence-corrected chi connectivity index (χ3v) is 2.25. The van der Waals surface area contributed by atoms with Crippen molar-refractivity contribution in [1.82, 2.24) is 0 Å². The van der Waals surface area contributed by atoms with Crippen LogP contribution < -0.4 is 0 Å². The first-order valence-electron chi connectivity index (χ1n) is 5.35. The Morgan fingerprint density at radius 1 is 0.882 bits per heavy atom. The van der Waals surface area contributed by atoms with Gasteiger partial charge in [0.25, 0.3) is 0 Å². The lowest BCUT2D eigenvalue weighted by Crippen LogP contribution is -1.72. The monoisotopic (exact) mass is 219 g/mol. The topological polar surface area (TPSA) is 19.9 Å². The fraction of sp³-hybridized carbons (Fsp3) is 0. The largest absolute Gasteiger partial charge is 0.289 e. The van der Waals surface area contributed by atoms with E-state index in [1.54, 1.807) is 18.2 Å². The van der Waals surface area contributed by atoms with Crippen molar-refractivity contribution in [3.05, 3.63) is 71.8 Å². The lowest BCUT2D eigenvalue weighted by atomic mass is 10.2. The van der Waals surface area contributed by atoms with Gasteiger partial charge < -0.3 is 0 Å². The third-order valence-electron chi connectivity index (χ3n) is 2.25. The van der Waals surface area contributed by atoms with E-state index in [1.807, 2.05) is 42.5 Å². The molecule has 0 fully saturated rings. The summed E-state index contributed by atoms with van der Waals surface area (Å²) >= 11 is 0. The van der Waals surface area contributed by atoms with Gasteiger partial charge in [0.05, 0.1) is 5.56 Å². The minimum absolute atomic E-state index is 0.0342. The molecule has 1 heteroatoms. The second-order valence-electron chi connectivity index (χ2n) is 3.51. The van der Waals surface area contributed by atoms with Gasteiger partial charge in [-0.05, 0) is 29.8 Å². The molecule has 0 heterocycles. The lowest BCUT2D eigenvalue weighted by Gasteiger charge is -1.89. The normalized spacial score (nSPS) is 9.88. The zero-order valence-corrected chi connectivity index (χ0v) is 9.26. The van der Waals surface area contributed by atoms with Gasteiger partial charge in [0.2, 0.25) is 0 Å². The van der Waals surface area contributed by atoms with Gasteiger partial charge in [-0.3, -0.25) is 5.11 Å². The molecule has 0 spiro atoms. The molecule has 0 bridgehead atoms. The smallest absolute Gasteiger partial charge is 0.194 e. The standard InChI is InChI=1S/C16H11O/c17-16-13-7-6-12-15(16)11-5-4-10-14-8-2-1-3-9-14/h1-4,6-10,12-13H/b10-4+. The first-order valence-corrected chi connectivity index (χ1v) is 5.35. The summed E-state index contributed by atoms with van der Waals surface area (Å²) in [6.07, 6.45) is 3.67. The highest BCUT2D eigenvalue weighted by molar-refractivity contribution is 5.54. The first kappa shape index (κ1) is 11.0. The Kier molecular flexibility index (Phi) is 3.62. The van der Waals surface area contributed by atoms with Crippen molar-refractivity contribution in [2.24, 2.45) is 0 Å². The Balaban J connectivity index is 2.09. The van der Waals surface area contributed by atoms with Crippen LogP contribution in [0.1, 0.15) is 11.1 Å². The Bertz CT molecular complexity index is 571. The SMILES string of the molecule is [O]c1ccccc1C#C/C=C/c1ccccc1. The average Bonchev–Trinajstić information content (AvgIpc) is 2.38. The fourth-order valence-electron chi connectivity index (χ4n) is 1.39. The molecule has 0 unspecified atom stereocenters. The average molecular weight is 219 g/mol. The van der Waals surface area contributed by atoms with Crippen molar-refractivity contribution in [3.8, 4) is 17.6 Å². The van der Waals surface area contributed by atoms with Gasteiger partial charge in [-0.25, -0.2) is 0 Å². The molecule has 2 aromatic carbocycles. The minimum Gasteiger partial charge on any atom is -0.289 e. The van der Waals surface area contributed by atoms with Crippen LogP contribution >= 0.6 is 0 Å². The summed E-state index contributed by atoms with van der Waals surface area (Å²) < 4.78 is 0. The van der Waals surface area contributed by atoms with Crippen LogP contribution in [-0.2, 0) is 5.11 Å². The predicted octanol–water partition coefficient (Wildman–Crippen LogP) is 3.90. The summed E-state index contributed by atoms with van der Waals surface area (Å²) in [6.45, 7) is 0. The van der Waals surface area contributed by atoms with E-state index in [2.05, 4.69) is 11.8 Å². The van der Waals surface area contributed by atoms with Crippen LogP contribution in [0.4, 0.5) is 0 Å². The van der Waals surface area contributed by atoms with E-state index in [0.29, 0.717) is 5.56 Å². The van der Waals surface area contributed by atoms with Crippen LogP contribution in [0.5, 0.6) is 5.75 Å². The van der Waals surface area contributed by atoms with Gasteiger partial charge in [0.1, 0.15) is 0 Å². The first-order chi connectivity index (χ1) is 8.36. The Morgan fingerprint density at radius 3 is 2.35 bits per heavy atom. The van der Waals surface area contributed by atoms with E-state index < -0.39 is 0 Å². The lowest BCUT2D eigenvalue weighted by molar-refractivity contribution is 0.353. The van der Waals surface area contributed by atoms with Crippen LogP contribution in [0.15, 0.2) is 60.7 Å². The van der Waals surface area contributed by atoms with E-state index in [9.17, 15) is 5.11 Å². The molecule has 0 saturated carbocycles. The molecule has 1 radical (unpaired) electrons. The Hall–Kier alpha value is -2.46. The zero-order chi connectivity index (χ0) is 11.9. The Labute approximate surface area is 101 Å². The number of rotatable bonds is 1. The van der Waals surface area contributed by atoms with Crippen LogP contribution in [-0.4, -0.2) is 0 Å². The van der Waals surface area contributed by atoms with Crippen LogP contribution in [0.25, 0.3) is 6.08 Å². The molecule has 2 rings (SSSR count). The number of hydrogen-bond donors (Lipinski definition) is 0. The van der Waals surface area contributed by atoms with Crippen molar-refractivity contribution >= 4 is 6.08 Å². The van der Waals surface area contributed by atoms with Gasteiger partial charge in [0, 0.05) is 0 Å². The zero-order valence-electron chi connectivity index (χ0n) is 9.26. The molecule has 17 heavy (non-hydrogen) atoms. The van der Waals surface area contributed by atoms with Crippen molar-refractivity contribution in [2.75, 3.05) is 0 Å². The molecule has 0 aliphatic rings. The number of hydrogen-bond acceptors (Lipinski definition) is 0. The van der Waals surface area contributed by atoms with Gasteiger partial charge in [-0.1, -0.05) is 54.3 Å². The predicted molar refractivity (Wildman–Crippen MR) is 68.9 cm³/mol. The number of allylic oxidation sites excluding steroid dienone is 1. The highest BCUT2D eigenvalue weighted by Crippen LogP contribution is 2.14. The molecule has 1 nitrogen and oxygen atoms in total. The summed E-state index contributed by atoms with van der Waals surface area (Å²) in [4.78, 5) is 0. The molecule has 0 aromatic heterocycles. The minimum atomic E-state index is -0.0342. The third kappa shape index (κ3) is 3.25. The fourth-order valence-corrected chi connectivity index (χ4v) is 1.39. The molecule has 0 aliphatic heterocycles. The maximum absolute atomic E-state index is 11.4. The van der Waals surface area contributed by atoms with E-state index >= 15 is 0 Å². The molecule has 0 amide bonds. The number of para-hydroxylation sites is 1. The Morgan fingerprint density at radius 2 is 1.59 bits per heavy atom. The maximum Gasteiger partial charge on any atom is 0.194 e. The molecular formula is C16H11O. The summed E-state index contributed by atoms with van der Waals surface area (Å²) in [5.41, 5.74) is 1.63. The van der Waals surface area contributed by atoms with Crippen molar-refractivity contribution in [3.63, 3.8) is 0 Å². The van der Waals surface area contributed by atoms with E-state index in [4.69, 9.17) is 0 Å². The van der Waals surface area contributed by atoms with Gasteiger partial charge >= 0.3 is 0 Å². The van der Waals surface area contributed by atoms with Gasteiger partial charge in [-0.2, -0.15) is 0 Å². The molecule has 81 valence electrons. The van der Waals surface area contributed by atoms with E-state index in [0.717, 1.165) is 5.56 Å². The second-order valence-corrected chi connectivity index (χ2v) is 3.51. The van der Waals surface area contributed by atoms with Gasteiger partial charge in [0.15, 0.2) is 5.75 Å². The van der Waals surface area contributed by atoms with E-state index in [1.165, 1.54) is 6.07 Å². The highest BCUT2D eigenvalue weighted by atomic mass is 16.3. The summed E-state index contributed by atoms with van der Waals surface area (Å²) in [6, 6.07) is 16.7.